The number of benzene rings is 2. The molecule has 1 aromatic heterocycles. The molecule has 2 aromatic carbocycles. The third kappa shape index (κ3) is 2.70. The second-order valence-electron chi connectivity index (χ2n) is 5.12. The van der Waals surface area contributed by atoms with Crippen LogP contribution < -0.4 is 16.5 Å². The van der Waals surface area contributed by atoms with E-state index in [-0.39, 0.29) is 5.39 Å². The molecule has 120 valence electrons. The number of hydrogen-bond donors (Lipinski definition) is 3. The van der Waals surface area contributed by atoms with Crippen molar-refractivity contribution in [3.05, 3.63) is 70.5 Å². The normalized spacial score (nSPS) is 10.5. The summed E-state index contributed by atoms with van der Waals surface area (Å²) in [7, 11) is 0. The summed E-state index contributed by atoms with van der Waals surface area (Å²) in [5.41, 5.74) is 5.81. The van der Waals surface area contributed by atoms with Crippen LogP contribution in [0.1, 0.15) is 10.4 Å². The van der Waals surface area contributed by atoms with Crippen LogP contribution in [0.25, 0.3) is 10.9 Å². The van der Waals surface area contributed by atoms with Crippen LogP contribution in [-0.2, 0) is 0 Å². The summed E-state index contributed by atoms with van der Waals surface area (Å²) in [6.45, 7) is 0. The summed E-state index contributed by atoms with van der Waals surface area (Å²) in [6.07, 6.45) is 1.02. The van der Waals surface area contributed by atoms with Gasteiger partial charge < -0.3 is 16.2 Å². The number of nitrogens with two attached hydrogens (primary N) is 1. The summed E-state index contributed by atoms with van der Waals surface area (Å²) < 4.78 is 1.10. The minimum absolute atomic E-state index is 0.153. The molecule has 0 atom stereocenters. The smallest absolute Gasteiger partial charge is 0.341 e. The van der Waals surface area contributed by atoms with Gasteiger partial charge in [-0.1, -0.05) is 18.2 Å². The number of carboxylic acid groups (broad SMARTS) is 1. The Balaban J connectivity index is 2.14. The van der Waals surface area contributed by atoms with Gasteiger partial charge in [-0.3, -0.25) is 9.36 Å². The van der Waals surface area contributed by atoms with Gasteiger partial charge in [-0.2, -0.15) is 0 Å². The van der Waals surface area contributed by atoms with Crippen molar-refractivity contribution >= 4 is 34.3 Å². The Bertz CT molecular complexity index is 1020. The standard InChI is InChI=1S/C17H13N3O4/c18-10-4-3-5-11(8-10)19-17(24)20-9-13(16(22)23)15(21)12-6-1-2-7-14(12)20/h1-9H,18H2,(H,19,24)(H,22,23). The molecule has 1 amide bonds. The number of amides is 1. The highest BCUT2D eigenvalue weighted by Gasteiger charge is 2.17. The highest BCUT2D eigenvalue weighted by Crippen LogP contribution is 2.15. The number of nitrogens with zero attached hydrogens (tertiary/aromatic N) is 1. The van der Waals surface area contributed by atoms with Crippen LogP contribution in [0, 0.1) is 0 Å². The van der Waals surface area contributed by atoms with Crippen molar-refractivity contribution in [1.82, 2.24) is 4.57 Å². The number of carbonyl (C=O) groups excluding carboxylic acids is 1. The summed E-state index contributed by atoms with van der Waals surface area (Å²) in [5.74, 6) is -1.39. The summed E-state index contributed by atoms with van der Waals surface area (Å²) in [4.78, 5) is 36.0. The highest BCUT2D eigenvalue weighted by molar-refractivity contribution is 6.00. The highest BCUT2D eigenvalue weighted by atomic mass is 16.4. The summed E-state index contributed by atoms with van der Waals surface area (Å²) in [6, 6.07) is 12.3. The minimum Gasteiger partial charge on any atom is -0.477 e. The molecule has 3 aromatic rings. The first-order valence-corrected chi connectivity index (χ1v) is 7.02. The largest absolute Gasteiger partial charge is 0.477 e. The molecule has 0 saturated carbocycles. The first kappa shape index (κ1) is 15.3. The molecule has 1 heterocycles. The third-order valence-corrected chi connectivity index (χ3v) is 3.50. The fourth-order valence-corrected chi connectivity index (χ4v) is 2.40. The van der Waals surface area contributed by atoms with Gasteiger partial charge in [0.05, 0.1) is 5.52 Å². The number of carboxylic acids is 1. The number of para-hydroxylation sites is 1. The van der Waals surface area contributed by atoms with Gasteiger partial charge in [0.2, 0.25) is 5.43 Å². The number of rotatable bonds is 2. The van der Waals surface area contributed by atoms with Gasteiger partial charge in [-0.05, 0) is 30.3 Å². The quantitative estimate of drug-likeness (QED) is 0.626. The number of anilines is 2. The number of nitrogens with one attached hydrogen (secondary N) is 1. The van der Waals surface area contributed by atoms with Gasteiger partial charge >= 0.3 is 12.0 Å². The van der Waals surface area contributed by atoms with E-state index in [2.05, 4.69) is 5.32 Å². The van der Waals surface area contributed by atoms with E-state index in [1.807, 2.05) is 0 Å². The average molecular weight is 323 g/mol. The fraction of sp³-hybridized carbons (Fsp3) is 0. The Hall–Kier alpha value is -3.61. The molecule has 0 unspecified atom stereocenters. The molecule has 0 aliphatic heterocycles. The van der Waals surface area contributed by atoms with E-state index in [9.17, 15) is 19.5 Å². The Morgan fingerprint density at radius 2 is 1.83 bits per heavy atom. The molecule has 3 rings (SSSR count). The van der Waals surface area contributed by atoms with E-state index in [1.54, 1.807) is 42.5 Å². The predicted octanol–water partition coefficient (Wildman–Crippen LogP) is 2.36. The lowest BCUT2D eigenvalue weighted by Crippen LogP contribution is -2.25. The summed E-state index contributed by atoms with van der Waals surface area (Å²) >= 11 is 0. The van der Waals surface area contributed by atoms with Gasteiger partial charge in [-0.25, -0.2) is 9.59 Å². The molecule has 0 aliphatic carbocycles. The van der Waals surface area contributed by atoms with Gasteiger partial charge in [0, 0.05) is 23.0 Å². The zero-order valence-corrected chi connectivity index (χ0v) is 12.4. The Morgan fingerprint density at radius 1 is 1.08 bits per heavy atom. The van der Waals surface area contributed by atoms with Crippen molar-refractivity contribution in [2.45, 2.75) is 0 Å². The van der Waals surface area contributed by atoms with Crippen LogP contribution in [0.3, 0.4) is 0 Å². The minimum atomic E-state index is -1.39. The van der Waals surface area contributed by atoms with Crippen molar-refractivity contribution in [3.63, 3.8) is 0 Å². The van der Waals surface area contributed by atoms with Crippen LogP contribution in [0.5, 0.6) is 0 Å². The lowest BCUT2D eigenvalue weighted by Gasteiger charge is -2.12. The SMILES string of the molecule is Nc1cccc(NC(=O)n2cc(C(=O)O)c(=O)c3ccccc32)c1. The van der Waals surface area contributed by atoms with Gasteiger partial charge in [0.1, 0.15) is 5.56 Å². The number of aromatic carboxylic acids is 1. The van der Waals surface area contributed by atoms with Crippen molar-refractivity contribution in [3.8, 4) is 0 Å². The molecule has 7 nitrogen and oxygen atoms in total. The monoisotopic (exact) mass is 323 g/mol. The number of pyridine rings is 1. The maximum Gasteiger partial charge on any atom is 0.341 e. The lowest BCUT2D eigenvalue weighted by molar-refractivity contribution is 0.0695. The van der Waals surface area contributed by atoms with E-state index < -0.39 is 23.0 Å². The van der Waals surface area contributed by atoms with Crippen LogP contribution in [0.15, 0.2) is 59.5 Å². The summed E-state index contributed by atoms with van der Waals surface area (Å²) in [5, 5.41) is 12.0. The topological polar surface area (TPSA) is 114 Å². The molecular weight excluding hydrogens is 310 g/mol. The third-order valence-electron chi connectivity index (χ3n) is 3.50. The number of hydrogen-bond acceptors (Lipinski definition) is 4. The fourth-order valence-electron chi connectivity index (χ4n) is 2.40. The van der Waals surface area contributed by atoms with E-state index in [0.29, 0.717) is 16.9 Å². The van der Waals surface area contributed by atoms with Crippen molar-refractivity contribution < 1.29 is 14.7 Å². The lowest BCUT2D eigenvalue weighted by atomic mass is 10.1. The molecule has 0 spiro atoms. The van der Waals surface area contributed by atoms with Crippen molar-refractivity contribution in [1.29, 1.82) is 0 Å². The van der Waals surface area contributed by atoms with Crippen molar-refractivity contribution in [2.75, 3.05) is 11.1 Å². The van der Waals surface area contributed by atoms with E-state index in [4.69, 9.17) is 5.73 Å². The average Bonchev–Trinajstić information content (AvgIpc) is 2.55. The Kier molecular flexibility index (Phi) is 3.75. The zero-order chi connectivity index (χ0) is 17.3. The van der Waals surface area contributed by atoms with Crippen LogP contribution >= 0.6 is 0 Å². The zero-order valence-electron chi connectivity index (χ0n) is 12.4. The number of aromatic nitrogens is 1. The van der Waals surface area contributed by atoms with Crippen LogP contribution in [0.2, 0.25) is 0 Å². The molecule has 7 heteroatoms. The van der Waals surface area contributed by atoms with E-state index in [0.717, 1.165) is 10.8 Å². The molecule has 0 saturated heterocycles. The second kappa shape index (κ2) is 5.88. The van der Waals surface area contributed by atoms with E-state index in [1.165, 1.54) is 6.07 Å². The second-order valence-corrected chi connectivity index (χ2v) is 5.12. The van der Waals surface area contributed by atoms with Gasteiger partial charge in [-0.15, -0.1) is 0 Å². The van der Waals surface area contributed by atoms with Gasteiger partial charge in [0.25, 0.3) is 0 Å². The number of fused-ring (bicyclic) bond motifs is 1. The molecule has 0 aliphatic rings. The molecule has 24 heavy (non-hydrogen) atoms. The number of nitrogen functional groups attached to an aromatic ring is 1. The molecular formula is C17H13N3O4. The first-order valence-electron chi connectivity index (χ1n) is 7.02. The Morgan fingerprint density at radius 3 is 2.54 bits per heavy atom. The van der Waals surface area contributed by atoms with E-state index >= 15 is 0 Å². The molecule has 4 N–H and O–H groups in total. The first-order chi connectivity index (χ1) is 11.5. The van der Waals surface area contributed by atoms with Crippen molar-refractivity contribution in [2.24, 2.45) is 0 Å². The Labute approximate surface area is 135 Å². The maximum atomic E-state index is 12.5. The molecule has 0 fully saturated rings. The van der Waals surface area contributed by atoms with Crippen LogP contribution in [0.4, 0.5) is 16.2 Å². The molecule has 0 bridgehead atoms. The van der Waals surface area contributed by atoms with Crippen LogP contribution in [-0.4, -0.2) is 21.7 Å². The molecule has 0 radical (unpaired) electrons. The predicted molar refractivity (Wildman–Crippen MR) is 90.4 cm³/mol. The number of carbonyl (C=O) groups is 2. The van der Waals surface area contributed by atoms with Gasteiger partial charge in [0.15, 0.2) is 0 Å². The maximum absolute atomic E-state index is 12.5.